The number of aromatic carboxylic acids is 1. The van der Waals surface area contributed by atoms with Crippen LogP contribution in [0.5, 0.6) is 5.75 Å². The zero-order chi connectivity index (χ0) is 17.4. The van der Waals surface area contributed by atoms with E-state index in [0.717, 1.165) is 11.4 Å². The number of hydrogen-bond donors (Lipinski definition) is 2. The number of anilines is 2. The number of benzene rings is 1. The van der Waals surface area contributed by atoms with Crippen LogP contribution < -0.4 is 10.1 Å². The molecule has 4 rings (SSSR count). The maximum absolute atomic E-state index is 11.5. The van der Waals surface area contributed by atoms with Crippen molar-refractivity contribution < 1.29 is 14.6 Å². The van der Waals surface area contributed by atoms with E-state index in [9.17, 15) is 9.90 Å². The Balaban J connectivity index is 1.92. The van der Waals surface area contributed by atoms with Gasteiger partial charge in [-0.15, -0.1) is 0 Å². The van der Waals surface area contributed by atoms with E-state index >= 15 is 0 Å². The van der Waals surface area contributed by atoms with Crippen molar-refractivity contribution in [3.8, 4) is 5.75 Å². The lowest BCUT2D eigenvalue weighted by Gasteiger charge is -2.11. The fourth-order valence-corrected chi connectivity index (χ4v) is 2.64. The van der Waals surface area contributed by atoms with Crippen molar-refractivity contribution in [2.24, 2.45) is 0 Å². The molecule has 25 heavy (non-hydrogen) atoms. The van der Waals surface area contributed by atoms with Crippen molar-refractivity contribution in [1.29, 1.82) is 0 Å². The van der Waals surface area contributed by atoms with Gasteiger partial charge in [-0.25, -0.2) is 14.8 Å². The second-order valence-corrected chi connectivity index (χ2v) is 5.30. The lowest BCUT2D eigenvalue weighted by molar-refractivity contribution is 0.0693. The minimum absolute atomic E-state index is 0.0748. The molecule has 4 aromatic rings. The molecule has 124 valence electrons. The van der Waals surface area contributed by atoms with Crippen LogP contribution in [0.3, 0.4) is 0 Å². The lowest BCUT2D eigenvalue weighted by atomic mass is 10.2. The number of methoxy groups -OCH3 is 1. The third kappa shape index (κ3) is 2.49. The molecule has 0 amide bonds. The van der Waals surface area contributed by atoms with Crippen LogP contribution in [0.25, 0.3) is 16.6 Å². The number of pyridine rings is 1. The number of carboxylic acid groups (broad SMARTS) is 1. The van der Waals surface area contributed by atoms with Crippen LogP contribution in [-0.2, 0) is 0 Å². The van der Waals surface area contributed by atoms with Gasteiger partial charge in [-0.05, 0) is 30.3 Å². The van der Waals surface area contributed by atoms with E-state index in [2.05, 4.69) is 20.3 Å². The van der Waals surface area contributed by atoms with E-state index in [4.69, 9.17) is 4.74 Å². The molecule has 0 aliphatic rings. The number of hydrogen-bond acceptors (Lipinski definition) is 6. The lowest BCUT2D eigenvalue weighted by Crippen LogP contribution is -2.04. The van der Waals surface area contributed by atoms with Crippen molar-refractivity contribution >= 4 is 34.0 Å². The summed E-state index contributed by atoms with van der Waals surface area (Å²) in [6.07, 6.45) is 4.72. The molecule has 0 spiro atoms. The Morgan fingerprint density at radius 1 is 1.24 bits per heavy atom. The topological polar surface area (TPSA) is 102 Å². The fraction of sp³-hybridized carbons (Fsp3) is 0.0588. The summed E-state index contributed by atoms with van der Waals surface area (Å²) in [7, 11) is 1.59. The highest BCUT2D eigenvalue weighted by atomic mass is 16.5. The fourth-order valence-electron chi connectivity index (χ4n) is 2.64. The van der Waals surface area contributed by atoms with Gasteiger partial charge < -0.3 is 15.2 Å². The first-order valence-corrected chi connectivity index (χ1v) is 7.42. The number of carbonyl (C=O) groups is 1. The minimum Gasteiger partial charge on any atom is -0.497 e. The summed E-state index contributed by atoms with van der Waals surface area (Å²) < 4.78 is 6.81. The number of fused-ring (bicyclic) bond motifs is 3. The molecular formula is C17H13N5O3. The van der Waals surface area contributed by atoms with Crippen molar-refractivity contribution in [3.05, 3.63) is 54.7 Å². The molecule has 0 fully saturated rings. The van der Waals surface area contributed by atoms with E-state index in [1.807, 2.05) is 12.1 Å². The number of nitrogens with zero attached hydrogens (tertiary/aromatic N) is 4. The van der Waals surface area contributed by atoms with Gasteiger partial charge in [0.15, 0.2) is 11.5 Å². The Labute approximate surface area is 141 Å². The molecule has 2 N–H and O–H groups in total. The Bertz CT molecular complexity index is 1090. The summed E-state index contributed by atoms with van der Waals surface area (Å²) >= 11 is 0. The summed E-state index contributed by atoms with van der Waals surface area (Å²) in [5.41, 5.74) is 2.41. The highest BCUT2D eigenvalue weighted by Gasteiger charge is 2.19. The van der Waals surface area contributed by atoms with Crippen LogP contribution in [0, 0.1) is 0 Å². The van der Waals surface area contributed by atoms with Gasteiger partial charge in [0.05, 0.1) is 24.3 Å². The van der Waals surface area contributed by atoms with Gasteiger partial charge in [-0.2, -0.15) is 0 Å². The molecule has 0 radical (unpaired) electrons. The predicted molar refractivity (Wildman–Crippen MR) is 91.5 cm³/mol. The summed E-state index contributed by atoms with van der Waals surface area (Å²) in [5.74, 6) is 0.00732. The smallest absolute Gasteiger partial charge is 0.356 e. The number of aromatic nitrogens is 4. The number of imidazole rings is 1. The molecule has 8 nitrogen and oxygen atoms in total. The van der Waals surface area contributed by atoms with E-state index < -0.39 is 5.97 Å². The maximum atomic E-state index is 11.5. The molecule has 1 aromatic carbocycles. The zero-order valence-corrected chi connectivity index (χ0v) is 13.2. The standard InChI is InChI=1S/C17H13N5O3/c1-25-11-4-2-10(3-5-11)20-16-15-14(17(23)24)19-9-22(15)13-8-18-7-6-12(13)21-16/h2-9H,1H3,(H,20,21)(H,23,24). The first-order chi connectivity index (χ1) is 12.2. The predicted octanol–water partition coefficient (Wildman–Crippen LogP) is 2.73. The van der Waals surface area contributed by atoms with Crippen molar-refractivity contribution in [2.75, 3.05) is 12.4 Å². The summed E-state index contributed by atoms with van der Waals surface area (Å²) in [6, 6.07) is 9.02. The van der Waals surface area contributed by atoms with Gasteiger partial charge in [-0.3, -0.25) is 9.38 Å². The second-order valence-electron chi connectivity index (χ2n) is 5.30. The number of ether oxygens (including phenoxy) is 1. The van der Waals surface area contributed by atoms with Crippen molar-refractivity contribution in [1.82, 2.24) is 19.4 Å². The highest BCUT2D eigenvalue weighted by Crippen LogP contribution is 2.27. The zero-order valence-electron chi connectivity index (χ0n) is 13.2. The molecule has 0 saturated carbocycles. The van der Waals surface area contributed by atoms with E-state index in [1.54, 1.807) is 42.1 Å². The van der Waals surface area contributed by atoms with E-state index in [1.165, 1.54) is 6.33 Å². The van der Waals surface area contributed by atoms with Crippen LogP contribution in [0.1, 0.15) is 10.5 Å². The van der Waals surface area contributed by atoms with Crippen LogP contribution in [0.4, 0.5) is 11.5 Å². The first-order valence-electron chi connectivity index (χ1n) is 7.42. The van der Waals surface area contributed by atoms with E-state index in [-0.39, 0.29) is 5.69 Å². The van der Waals surface area contributed by atoms with Crippen LogP contribution in [0.15, 0.2) is 49.1 Å². The monoisotopic (exact) mass is 335 g/mol. The Kier molecular flexibility index (Phi) is 3.42. The largest absolute Gasteiger partial charge is 0.497 e. The average molecular weight is 335 g/mol. The highest BCUT2D eigenvalue weighted by molar-refractivity contribution is 6.00. The molecule has 0 aliphatic carbocycles. The second kappa shape index (κ2) is 5.75. The third-order valence-electron chi connectivity index (χ3n) is 3.82. The van der Waals surface area contributed by atoms with E-state index in [0.29, 0.717) is 22.4 Å². The van der Waals surface area contributed by atoms with Crippen LogP contribution in [0.2, 0.25) is 0 Å². The normalized spacial score (nSPS) is 10.9. The van der Waals surface area contributed by atoms with Crippen molar-refractivity contribution in [3.63, 3.8) is 0 Å². The van der Waals surface area contributed by atoms with Gasteiger partial charge in [-0.1, -0.05) is 0 Å². The molecule has 8 heteroatoms. The molecule has 0 atom stereocenters. The molecular weight excluding hydrogens is 322 g/mol. The molecule has 3 aromatic heterocycles. The number of nitrogens with one attached hydrogen (secondary N) is 1. The molecule has 0 aliphatic heterocycles. The molecule has 3 heterocycles. The summed E-state index contributed by atoms with van der Waals surface area (Å²) in [5, 5.41) is 12.6. The first kappa shape index (κ1) is 14.9. The Morgan fingerprint density at radius 3 is 2.76 bits per heavy atom. The summed E-state index contributed by atoms with van der Waals surface area (Å²) in [6.45, 7) is 0. The minimum atomic E-state index is -1.12. The summed E-state index contributed by atoms with van der Waals surface area (Å²) in [4.78, 5) is 24.2. The Hall–Kier alpha value is -3.68. The van der Waals surface area contributed by atoms with Crippen LogP contribution >= 0.6 is 0 Å². The molecule has 0 unspecified atom stereocenters. The van der Waals surface area contributed by atoms with Gasteiger partial charge in [0.25, 0.3) is 0 Å². The van der Waals surface area contributed by atoms with Gasteiger partial charge in [0.1, 0.15) is 17.6 Å². The van der Waals surface area contributed by atoms with Gasteiger partial charge in [0, 0.05) is 11.9 Å². The van der Waals surface area contributed by atoms with Gasteiger partial charge >= 0.3 is 5.97 Å². The quantitative estimate of drug-likeness (QED) is 0.591. The molecule has 0 bridgehead atoms. The van der Waals surface area contributed by atoms with Crippen molar-refractivity contribution in [2.45, 2.75) is 0 Å². The maximum Gasteiger partial charge on any atom is 0.356 e. The van der Waals surface area contributed by atoms with Crippen LogP contribution in [-0.4, -0.2) is 37.5 Å². The SMILES string of the molecule is COc1ccc(Nc2nc3ccncc3n3cnc(C(=O)O)c23)cc1. The third-order valence-corrected chi connectivity index (χ3v) is 3.82. The van der Waals surface area contributed by atoms with Gasteiger partial charge in [0.2, 0.25) is 0 Å². The molecule has 0 saturated heterocycles. The average Bonchev–Trinajstić information content (AvgIpc) is 3.08. The Morgan fingerprint density at radius 2 is 2.04 bits per heavy atom. The number of rotatable bonds is 4. The number of carboxylic acids is 1.